The number of esters is 1. The van der Waals surface area contributed by atoms with Crippen molar-refractivity contribution in [3.05, 3.63) is 65.7 Å². The molecule has 0 saturated carbocycles. The van der Waals surface area contributed by atoms with E-state index in [-0.39, 0.29) is 42.9 Å². The zero-order valence-electron chi connectivity index (χ0n) is 18.0. The lowest BCUT2D eigenvalue weighted by Gasteiger charge is -2.27. The van der Waals surface area contributed by atoms with Crippen LogP contribution in [0.1, 0.15) is 24.1 Å². The fourth-order valence-electron chi connectivity index (χ4n) is 2.94. The second-order valence-corrected chi connectivity index (χ2v) is 6.91. The van der Waals surface area contributed by atoms with Gasteiger partial charge in [-0.25, -0.2) is 4.79 Å². The summed E-state index contributed by atoms with van der Waals surface area (Å²) in [6.45, 7) is 3.01. The second-order valence-electron chi connectivity index (χ2n) is 6.91. The van der Waals surface area contributed by atoms with Crippen molar-refractivity contribution in [3.63, 3.8) is 0 Å². The van der Waals surface area contributed by atoms with Gasteiger partial charge in [0.15, 0.2) is 6.61 Å². The molecule has 2 unspecified atom stereocenters. The van der Waals surface area contributed by atoms with Crippen LogP contribution in [0.2, 0.25) is 0 Å². The van der Waals surface area contributed by atoms with Crippen molar-refractivity contribution < 1.29 is 19.7 Å². The highest BCUT2D eigenvalue weighted by atomic mass is 35.5. The van der Waals surface area contributed by atoms with Gasteiger partial charge in [0.1, 0.15) is 5.75 Å². The molecule has 30 heavy (non-hydrogen) atoms. The number of carbonyl (C=O) groups excluding carboxylic acids is 1. The number of methoxy groups -OCH3 is 1. The molecule has 6 nitrogen and oxygen atoms in total. The Morgan fingerprint density at radius 1 is 1.03 bits per heavy atom. The first kappa shape index (κ1) is 30.4. The Hall–Kier alpha value is -1.83. The van der Waals surface area contributed by atoms with Gasteiger partial charge >= 0.3 is 5.97 Å². The Morgan fingerprint density at radius 3 is 2.17 bits per heavy atom. The number of hydrogen-bond donors (Lipinski definition) is 1. The van der Waals surface area contributed by atoms with E-state index in [1.807, 2.05) is 30.3 Å². The summed E-state index contributed by atoms with van der Waals surface area (Å²) in [6.07, 6.45) is 0.923. The maximum Gasteiger partial charge on any atom is 0.343 e. The molecule has 3 N–H and O–H groups in total. The molecular formula is C22H34Cl2N2O4. The summed E-state index contributed by atoms with van der Waals surface area (Å²) in [6, 6.07) is 19.1. The lowest BCUT2D eigenvalue weighted by Crippen LogP contribution is -2.36. The van der Waals surface area contributed by atoms with E-state index in [2.05, 4.69) is 60.2 Å². The van der Waals surface area contributed by atoms with Crippen LogP contribution in [-0.4, -0.2) is 56.7 Å². The molecule has 2 atom stereocenters. The topological polar surface area (TPSA) is 82.3 Å². The van der Waals surface area contributed by atoms with Gasteiger partial charge in [-0.05, 0) is 50.7 Å². The van der Waals surface area contributed by atoms with Crippen LogP contribution in [0.4, 0.5) is 0 Å². The lowest BCUT2D eigenvalue weighted by atomic mass is 10.0. The summed E-state index contributed by atoms with van der Waals surface area (Å²) in [5, 5.41) is 3.64. The van der Waals surface area contributed by atoms with E-state index in [1.165, 1.54) is 18.2 Å². The number of nitrogens with one attached hydrogen (secondary N) is 1. The van der Waals surface area contributed by atoms with Crippen LogP contribution < -0.4 is 10.1 Å². The predicted molar refractivity (Wildman–Crippen MR) is 126 cm³/mol. The number of hydrogen-bond acceptors (Lipinski definition) is 5. The van der Waals surface area contributed by atoms with E-state index in [1.54, 1.807) is 0 Å². The maximum absolute atomic E-state index is 11.1. The quantitative estimate of drug-likeness (QED) is 0.550. The number of nitrogens with zero attached hydrogens (tertiary/aromatic N) is 1. The molecule has 0 amide bonds. The zero-order chi connectivity index (χ0) is 19.6. The average molecular weight is 461 g/mol. The van der Waals surface area contributed by atoms with Gasteiger partial charge in [-0.1, -0.05) is 42.5 Å². The van der Waals surface area contributed by atoms with Crippen LogP contribution in [-0.2, 0) is 16.0 Å². The Balaban J connectivity index is 0. The fourth-order valence-corrected chi connectivity index (χ4v) is 2.94. The third-order valence-electron chi connectivity index (χ3n) is 4.52. The van der Waals surface area contributed by atoms with E-state index >= 15 is 0 Å². The molecule has 8 heteroatoms. The van der Waals surface area contributed by atoms with Crippen LogP contribution in [0.15, 0.2) is 54.6 Å². The fraction of sp³-hybridized carbons (Fsp3) is 0.409. The number of benzene rings is 2. The molecule has 0 aliphatic rings. The average Bonchev–Trinajstić information content (AvgIpc) is 2.68. The number of rotatable bonds is 10. The van der Waals surface area contributed by atoms with Crippen LogP contribution >= 0.6 is 24.8 Å². The van der Waals surface area contributed by atoms with Crippen LogP contribution in [0, 0.1) is 0 Å². The maximum atomic E-state index is 11.1. The third kappa shape index (κ3) is 10.3. The first-order valence-electron chi connectivity index (χ1n) is 9.23. The molecule has 2 rings (SSSR count). The Morgan fingerprint density at radius 2 is 1.63 bits per heavy atom. The zero-order valence-corrected chi connectivity index (χ0v) is 19.6. The van der Waals surface area contributed by atoms with Crippen molar-refractivity contribution in [2.75, 3.05) is 34.4 Å². The molecule has 2 aromatic rings. The Kier molecular flexibility index (Phi) is 16.1. The number of halogens is 2. The number of ether oxygens (including phenoxy) is 2. The lowest BCUT2D eigenvalue weighted by molar-refractivity contribution is -0.142. The van der Waals surface area contributed by atoms with Gasteiger partial charge in [0.25, 0.3) is 0 Å². The van der Waals surface area contributed by atoms with Crippen molar-refractivity contribution >= 4 is 30.8 Å². The first-order valence-corrected chi connectivity index (χ1v) is 9.23. The molecule has 0 aliphatic heterocycles. The summed E-state index contributed by atoms with van der Waals surface area (Å²) in [5.74, 6) is 0.285. The predicted octanol–water partition coefficient (Wildman–Crippen LogP) is 3.08. The molecular weight excluding hydrogens is 427 g/mol. The van der Waals surface area contributed by atoms with Gasteiger partial charge in [0.2, 0.25) is 0 Å². The van der Waals surface area contributed by atoms with Crippen LogP contribution in [0.5, 0.6) is 5.75 Å². The minimum absolute atomic E-state index is 0. The van der Waals surface area contributed by atoms with Crippen molar-refractivity contribution in [1.82, 2.24) is 10.2 Å². The number of carbonyl (C=O) groups is 1. The highest BCUT2D eigenvalue weighted by molar-refractivity contribution is 5.85. The van der Waals surface area contributed by atoms with E-state index in [0.29, 0.717) is 17.8 Å². The molecule has 0 heterocycles. The highest BCUT2D eigenvalue weighted by Gasteiger charge is 2.15. The van der Waals surface area contributed by atoms with Gasteiger partial charge in [-0.2, -0.15) is 0 Å². The first-order chi connectivity index (χ1) is 13.0. The Bertz CT molecular complexity index is 700. The minimum atomic E-state index is -0.384. The SMILES string of the molecule is COC(=O)COc1ccc(CC(C)NCC(c2ccccc2)N(C)C)cc1.Cl.Cl.O. The summed E-state index contributed by atoms with van der Waals surface area (Å²) in [5.41, 5.74) is 2.54. The normalized spacial score (nSPS) is 11.9. The molecule has 0 radical (unpaired) electrons. The smallest absolute Gasteiger partial charge is 0.343 e. The monoisotopic (exact) mass is 460 g/mol. The van der Waals surface area contributed by atoms with E-state index in [0.717, 1.165) is 13.0 Å². The van der Waals surface area contributed by atoms with Crippen LogP contribution in [0.3, 0.4) is 0 Å². The molecule has 0 fully saturated rings. The molecule has 2 aromatic carbocycles. The standard InChI is InChI=1S/C22H30N2O3.2ClH.H2O/c1-17(23-15-21(24(2)3)19-8-6-5-7-9-19)14-18-10-12-20(13-11-18)27-16-22(25)26-4;;;/h5-13,17,21,23H,14-16H2,1-4H3;2*1H;1H2. The van der Waals surface area contributed by atoms with Crippen LogP contribution in [0.25, 0.3) is 0 Å². The Labute approximate surface area is 192 Å². The minimum Gasteiger partial charge on any atom is -0.482 e. The van der Waals surface area contributed by atoms with Crippen molar-refractivity contribution in [2.24, 2.45) is 0 Å². The van der Waals surface area contributed by atoms with Crippen molar-refractivity contribution in [1.29, 1.82) is 0 Å². The second kappa shape index (κ2) is 15.9. The van der Waals surface area contributed by atoms with Gasteiger partial charge in [0.05, 0.1) is 7.11 Å². The van der Waals surface area contributed by atoms with Gasteiger partial charge in [0, 0.05) is 18.6 Å². The summed E-state index contributed by atoms with van der Waals surface area (Å²) in [7, 11) is 5.57. The molecule has 0 aliphatic carbocycles. The summed E-state index contributed by atoms with van der Waals surface area (Å²) < 4.78 is 9.94. The molecule has 0 bridgehead atoms. The highest BCUT2D eigenvalue weighted by Crippen LogP contribution is 2.18. The van der Waals surface area contributed by atoms with E-state index in [9.17, 15) is 4.79 Å². The number of likely N-dealkylation sites (N-methyl/N-ethyl adjacent to an activating group) is 1. The van der Waals surface area contributed by atoms with Gasteiger partial charge in [-0.3, -0.25) is 0 Å². The van der Waals surface area contributed by atoms with E-state index in [4.69, 9.17) is 4.74 Å². The largest absolute Gasteiger partial charge is 0.482 e. The molecule has 0 aromatic heterocycles. The third-order valence-corrected chi connectivity index (χ3v) is 4.52. The molecule has 0 saturated heterocycles. The van der Waals surface area contributed by atoms with Crippen molar-refractivity contribution in [2.45, 2.75) is 25.4 Å². The van der Waals surface area contributed by atoms with Crippen molar-refractivity contribution in [3.8, 4) is 5.75 Å². The molecule has 0 spiro atoms. The van der Waals surface area contributed by atoms with E-state index < -0.39 is 0 Å². The summed E-state index contributed by atoms with van der Waals surface area (Å²) in [4.78, 5) is 13.4. The van der Waals surface area contributed by atoms with Gasteiger partial charge in [-0.15, -0.1) is 24.8 Å². The van der Waals surface area contributed by atoms with Gasteiger partial charge < -0.3 is 25.2 Å². The summed E-state index contributed by atoms with van der Waals surface area (Å²) >= 11 is 0. The molecule has 170 valence electrons.